The summed E-state index contributed by atoms with van der Waals surface area (Å²) in [5.41, 5.74) is 7.65. The number of hydrogen-bond donors (Lipinski definition) is 1. The van der Waals surface area contributed by atoms with Crippen LogP contribution in [0.1, 0.15) is 23.6 Å². The van der Waals surface area contributed by atoms with E-state index in [2.05, 4.69) is 54.9 Å². The molecular weight excluding hydrogens is 268 g/mol. The first-order valence-corrected chi connectivity index (χ1v) is 7.62. The summed E-state index contributed by atoms with van der Waals surface area (Å²) in [4.78, 5) is 2.10. The van der Waals surface area contributed by atoms with Crippen LogP contribution in [0.5, 0.6) is 0 Å². The van der Waals surface area contributed by atoms with Gasteiger partial charge < -0.3 is 10.2 Å². The fourth-order valence-electron chi connectivity index (χ4n) is 3.03. The van der Waals surface area contributed by atoms with Gasteiger partial charge in [-0.2, -0.15) is 0 Å². The predicted molar refractivity (Wildman–Crippen MR) is 93.9 cm³/mol. The van der Waals surface area contributed by atoms with Crippen molar-refractivity contribution in [2.24, 2.45) is 0 Å². The molecule has 2 nitrogen and oxygen atoms in total. The van der Waals surface area contributed by atoms with E-state index in [4.69, 9.17) is 0 Å². The molecule has 2 aliphatic rings. The predicted octanol–water partition coefficient (Wildman–Crippen LogP) is 4.28. The highest BCUT2D eigenvalue weighted by Gasteiger charge is 2.19. The minimum Gasteiger partial charge on any atom is -0.374 e. The molecule has 1 aliphatic heterocycles. The van der Waals surface area contributed by atoms with Gasteiger partial charge in [-0.25, -0.2) is 0 Å². The highest BCUT2D eigenvalue weighted by Crippen LogP contribution is 2.32. The molecule has 1 aliphatic carbocycles. The topological polar surface area (TPSA) is 15.3 Å². The molecule has 0 fully saturated rings. The van der Waals surface area contributed by atoms with Gasteiger partial charge in [0.1, 0.15) is 5.82 Å². The molecule has 0 amide bonds. The van der Waals surface area contributed by atoms with Gasteiger partial charge in [-0.15, -0.1) is 0 Å². The maximum absolute atomic E-state index is 4.12. The van der Waals surface area contributed by atoms with Gasteiger partial charge in [0.05, 0.1) is 0 Å². The van der Waals surface area contributed by atoms with Crippen molar-refractivity contribution in [2.75, 3.05) is 7.05 Å². The lowest BCUT2D eigenvalue weighted by atomic mass is 10.0. The number of hydrogen-bond acceptors (Lipinski definition) is 2. The normalized spacial score (nSPS) is 17.3. The van der Waals surface area contributed by atoms with Gasteiger partial charge in [0.2, 0.25) is 0 Å². The molecule has 2 heteroatoms. The quantitative estimate of drug-likeness (QED) is 0.893. The molecule has 0 unspecified atom stereocenters. The Morgan fingerprint density at radius 2 is 2.09 bits per heavy atom. The van der Waals surface area contributed by atoms with Crippen LogP contribution in [0.4, 0.5) is 0 Å². The van der Waals surface area contributed by atoms with E-state index in [9.17, 15) is 0 Å². The third-order valence-electron chi connectivity index (χ3n) is 4.27. The number of nitrogens with zero attached hydrogens (tertiary/aromatic N) is 1. The first kappa shape index (κ1) is 14.5. The maximum atomic E-state index is 4.12. The highest BCUT2D eigenvalue weighted by atomic mass is 15.2. The molecule has 0 bridgehead atoms. The zero-order valence-electron chi connectivity index (χ0n) is 13.5. The Kier molecular flexibility index (Phi) is 3.76. The van der Waals surface area contributed by atoms with Crippen LogP contribution in [0.2, 0.25) is 0 Å². The van der Waals surface area contributed by atoms with Gasteiger partial charge in [0, 0.05) is 18.9 Å². The molecule has 0 saturated carbocycles. The summed E-state index contributed by atoms with van der Waals surface area (Å²) in [5, 5.41) is 3.34. The lowest BCUT2D eigenvalue weighted by molar-refractivity contribution is 0.537. The molecule has 3 rings (SSSR count). The zero-order valence-corrected chi connectivity index (χ0v) is 13.5. The van der Waals surface area contributed by atoms with E-state index < -0.39 is 0 Å². The summed E-state index contributed by atoms with van der Waals surface area (Å²) in [5.74, 6) is 1.08. The first-order valence-electron chi connectivity index (χ1n) is 7.62. The summed E-state index contributed by atoms with van der Waals surface area (Å²) in [7, 11) is 1.96. The molecule has 112 valence electrons. The summed E-state index contributed by atoms with van der Waals surface area (Å²) < 4.78 is 0. The zero-order chi connectivity index (χ0) is 15.7. The molecular formula is C20H22N2. The Labute approximate surface area is 132 Å². The van der Waals surface area contributed by atoms with Crippen LogP contribution < -0.4 is 5.32 Å². The second-order valence-corrected chi connectivity index (χ2v) is 5.83. The standard InChI is InChI=1S/C20H22N2/c1-14-8-9-17-12-18(13-19(17)11-14)16(3)20(21-4)22-10-6-5-7-15(22)2/h5-11,13,21H,2,12H2,1,3-4H3/b20-16+. The maximum Gasteiger partial charge on any atom is 0.113 e. The smallest absolute Gasteiger partial charge is 0.113 e. The van der Waals surface area contributed by atoms with E-state index in [0.29, 0.717) is 0 Å². The Balaban J connectivity index is 1.97. The Hall–Kier alpha value is -2.48. The molecule has 0 radical (unpaired) electrons. The SMILES string of the molecule is C=C1C=CC=CN1/C(NC)=C(\C)C1=Cc2cc(C)ccc2C1. The van der Waals surface area contributed by atoms with E-state index in [1.807, 2.05) is 31.5 Å². The number of fused-ring (bicyclic) bond motifs is 1. The molecule has 0 saturated heterocycles. The van der Waals surface area contributed by atoms with E-state index in [1.165, 1.54) is 27.8 Å². The number of aryl methyl sites for hydroxylation is 1. The number of nitrogens with one attached hydrogen (secondary N) is 1. The van der Waals surface area contributed by atoms with Crippen LogP contribution in [0, 0.1) is 6.92 Å². The largest absolute Gasteiger partial charge is 0.374 e. The fourth-order valence-corrected chi connectivity index (χ4v) is 3.03. The van der Waals surface area contributed by atoms with Crippen molar-refractivity contribution in [3.63, 3.8) is 0 Å². The minimum atomic E-state index is 0.971. The summed E-state index contributed by atoms with van der Waals surface area (Å²) in [6.45, 7) is 8.44. The van der Waals surface area contributed by atoms with E-state index in [1.54, 1.807) is 0 Å². The summed E-state index contributed by atoms with van der Waals surface area (Å²) in [6, 6.07) is 6.69. The van der Waals surface area contributed by atoms with Crippen molar-refractivity contribution in [2.45, 2.75) is 20.3 Å². The molecule has 1 aromatic carbocycles. The molecule has 0 atom stereocenters. The summed E-state index contributed by atoms with van der Waals surface area (Å²) in [6.07, 6.45) is 11.4. The summed E-state index contributed by atoms with van der Waals surface area (Å²) >= 11 is 0. The van der Waals surface area contributed by atoms with Crippen LogP contribution in [0.3, 0.4) is 0 Å². The average molecular weight is 290 g/mol. The molecule has 1 heterocycles. The van der Waals surface area contributed by atoms with Crippen molar-refractivity contribution >= 4 is 6.08 Å². The monoisotopic (exact) mass is 290 g/mol. The molecule has 0 spiro atoms. The Morgan fingerprint density at radius 1 is 1.27 bits per heavy atom. The van der Waals surface area contributed by atoms with Crippen LogP contribution in [0.15, 0.2) is 71.9 Å². The van der Waals surface area contributed by atoms with Crippen LogP contribution in [-0.2, 0) is 6.42 Å². The third kappa shape index (κ3) is 2.52. The molecule has 1 aromatic rings. The van der Waals surface area contributed by atoms with Crippen LogP contribution in [-0.4, -0.2) is 11.9 Å². The van der Waals surface area contributed by atoms with Gasteiger partial charge in [0.15, 0.2) is 0 Å². The molecule has 1 N–H and O–H groups in total. The van der Waals surface area contributed by atoms with E-state index >= 15 is 0 Å². The Bertz CT molecular complexity index is 745. The lowest BCUT2D eigenvalue weighted by Crippen LogP contribution is -2.26. The van der Waals surface area contributed by atoms with Gasteiger partial charge in [0.25, 0.3) is 0 Å². The van der Waals surface area contributed by atoms with E-state index in [0.717, 1.165) is 17.9 Å². The molecule has 22 heavy (non-hydrogen) atoms. The fraction of sp³-hybridized carbons (Fsp3) is 0.200. The van der Waals surface area contributed by atoms with Crippen molar-refractivity contribution in [1.29, 1.82) is 0 Å². The minimum absolute atomic E-state index is 0.971. The average Bonchev–Trinajstić information content (AvgIpc) is 2.92. The van der Waals surface area contributed by atoms with E-state index in [-0.39, 0.29) is 0 Å². The van der Waals surface area contributed by atoms with Crippen molar-refractivity contribution < 1.29 is 0 Å². The van der Waals surface area contributed by atoms with Crippen LogP contribution >= 0.6 is 0 Å². The van der Waals surface area contributed by atoms with Gasteiger partial charge in [-0.05, 0) is 54.7 Å². The second-order valence-electron chi connectivity index (χ2n) is 5.83. The third-order valence-corrected chi connectivity index (χ3v) is 4.27. The Morgan fingerprint density at radius 3 is 2.82 bits per heavy atom. The lowest BCUT2D eigenvalue weighted by Gasteiger charge is -2.27. The van der Waals surface area contributed by atoms with Crippen LogP contribution in [0.25, 0.3) is 6.08 Å². The van der Waals surface area contributed by atoms with Crippen molar-refractivity contribution in [3.05, 3.63) is 88.6 Å². The van der Waals surface area contributed by atoms with Gasteiger partial charge >= 0.3 is 0 Å². The second kappa shape index (κ2) is 5.72. The van der Waals surface area contributed by atoms with Gasteiger partial charge in [-0.1, -0.05) is 42.5 Å². The number of benzene rings is 1. The first-order chi connectivity index (χ1) is 10.6. The number of allylic oxidation sites excluding steroid dienone is 5. The van der Waals surface area contributed by atoms with Crippen molar-refractivity contribution in [3.8, 4) is 0 Å². The van der Waals surface area contributed by atoms with Gasteiger partial charge in [-0.3, -0.25) is 0 Å². The molecule has 0 aromatic heterocycles. The number of rotatable bonds is 3. The van der Waals surface area contributed by atoms with Crippen molar-refractivity contribution in [1.82, 2.24) is 10.2 Å². The highest BCUT2D eigenvalue weighted by molar-refractivity contribution is 5.69.